The van der Waals surface area contributed by atoms with E-state index in [-0.39, 0.29) is 11.1 Å². The molecular formula is C22H33NO2S. The number of hydrogen-bond acceptors (Lipinski definition) is 3. The molecule has 3 nitrogen and oxygen atoms in total. The van der Waals surface area contributed by atoms with Crippen LogP contribution in [-0.4, -0.2) is 10.3 Å². The number of phenolic OH excluding ortho intramolecular Hbond substituents is 1. The summed E-state index contributed by atoms with van der Waals surface area (Å²) in [6.45, 7) is 8.84. The molecule has 1 aromatic carbocycles. The summed E-state index contributed by atoms with van der Waals surface area (Å²) in [7, 11) is 0. The van der Waals surface area contributed by atoms with Crippen molar-refractivity contribution in [2.45, 2.75) is 72.1 Å². The number of phenols is 1. The highest BCUT2D eigenvalue weighted by Gasteiger charge is 2.32. The second kappa shape index (κ2) is 9.40. The molecule has 1 aliphatic rings. The molecule has 2 atom stereocenters. The third-order valence-electron chi connectivity index (χ3n) is 5.45. The zero-order valence-corrected chi connectivity index (χ0v) is 17.4. The minimum atomic E-state index is -0.00559. The van der Waals surface area contributed by atoms with Gasteiger partial charge in [0.25, 0.3) is 5.17 Å². The first-order valence-corrected chi connectivity index (χ1v) is 10.2. The second-order valence-corrected chi connectivity index (χ2v) is 8.29. The minimum Gasteiger partial charge on any atom is -0.507 e. The van der Waals surface area contributed by atoms with Crippen molar-refractivity contribution in [2.75, 3.05) is 0 Å². The van der Waals surface area contributed by atoms with Crippen molar-refractivity contribution in [3.8, 4) is 11.5 Å². The fraction of sp³-hybridized carbons (Fsp3) is 0.591. The lowest BCUT2D eigenvalue weighted by atomic mass is 9.71. The van der Waals surface area contributed by atoms with Crippen molar-refractivity contribution in [3.63, 3.8) is 0 Å². The Bertz CT molecular complexity index is 666. The number of allylic oxidation sites excluding steroid dienone is 2. The van der Waals surface area contributed by atoms with Crippen LogP contribution in [0.3, 0.4) is 0 Å². The van der Waals surface area contributed by atoms with E-state index in [0.717, 1.165) is 36.8 Å². The summed E-state index contributed by atoms with van der Waals surface area (Å²) in [6, 6.07) is 3.91. The molecule has 2 rings (SSSR count). The van der Waals surface area contributed by atoms with Crippen LogP contribution >= 0.6 is 12.2 Å². The number of rotatable bonds is 7. The Labute approximate surface area is 163 Å². The number of aryl methyl sites for hydroxylation is 1. The molecule has 26 heavy (non-hydrogen) atoms. The maximum atomic E-state index is 10.9. The molecule has 0 aromatic heterocycles. The van der Waals surface area contributed by atoms with Crippen LogP contribution in [-0.2, 0) is 6.42 Å². The molecule has 0 aliphatic heterocycles. The van der Waals surface area contributed by atoms with Crippen molar-refractivity contribution in [1.29, 1.82) is 0 Å². The maximum absolute atomic E-state index is 10.9. The molecule has 4 heteroatoms. The fourth-order valence-corrected chi connectivity index (χ4v) is 4.14. The maximum Gasteiger partial charge on any atom is 0.259 e. The molecule has 3 N–H and O–H groups in total. The summed E-state index contributed by atoms with van der Waals surface area (Å²) in [4.78, 5) is 0. The zero-order valence-electron chi connectivity index (χ0n) is 16.5. The van der Waals surface area contributed by atoms with E-state index < -0.39 is 0 Å². The van der Waals surface area contributed by atoms with Crippen molar-refractivity contribution in [3.05, 3.63) is 34.9 Å². The molecule has 0 heterocycles. The summed E-state index contributed by atoms with van der Waals surface area (Å²) >= 11 is 4.99. The Morgan fingerprint density at radius 1 is 1.35 bits per heavy atom. The monoisotopic (exact) mass is 375 g/mol. The molecule has 0 saturated heterocycles. The van der Waals surface area contributed by atoms with Gasteiger partial charge in [0.05, 0.1) is 0 Å². The number of thiocarbonyl (C=S) groups is 1. The van der Waals surface area contributed by atoms with Crippen LogP contribution in [0.5, 0.6) is 11.5 Å². The molecule has 0 saturated carbocycles. The molecule has 0 amide bonds. The summed E-state index contributed by atoms with van der Waals surface area (Å²) in [5, 5.41) is 10.9. The van der Waals surface area contributed by atoms with E-state index in [4.69, 9.17) is 22.7 Å². The topological polar surface area (TPSA) is 55.5 Å². The van der Waals surface area contributed by atoms with E-state index >= 15 is 0 Å². The van der Waals surface area contributed by atoms with E-state index in [1.165, 1.54) is 18.4 Å². The van der Waals surface area contributed by atoms with Gasteiger partial charge in [-0.05, 0) is 74.4 Å². The Hall–Kier alpha value is -1.55. The molecule has 0 fully saturated rings. The molecule has 1 aromatic rings. The second-order valence-electron chi connectivity index (χ2n) is 7.89. The van der Waals surface area contributed by atoms with Gasteiger partial charge in [0.2, 0.25) is 0 Å². The SMILES string of the molecule is CCCCCc1cc(O)c([C@@H]2C=C(C)CC[C@H]2C(C)C)c(OC(N)=S)c1. The van der Waals surface area contributed by atoms with E-state index in [9.17, 15) is 5.11 Å². The summed E-state index contributed by atoms with van der Waals surface area (Å²) < 4.78 is 5.71. The molecular weight excluding hydrogens is 342 g/mol. The zero-order chi connectivity index (χ0) is 19.3. The van der Waals surface area contributed by atoms with Crippen LogP contribution in [0.2, 0.25) is 0 Å². The van der Waals surface area contributed by atoms with Crippen LogP contribution in [0.25, 0.3) is 0 Å². The van der Waals surface area contributed by atoms with Gasteiger partial charge >= 0.3 is 0 Å². The van der Waals surface area contributed by atoms with Crippen LogP contribution in [0.4, 0.5) is 0 Å². The Balaban J connectivity index is 2.47. The minimum absolute atomic E-state index is 0.00559. The molecule has 0 radical (unpaired) electrons. The van der Waals surface area contributed by atoms with E-state index in [1.54, 1.807) is 0 Å². The average Bonchev–Trinajstić information content (AvgIpc) is 2.54. The number of ether oxygens (including phenoxy) is 1. The highest BCUT2D eigenvalue weighted by molar-refractivity contribution is 7.80. The highest BCUT2D eigenvalue weighted by Crippen LogP contribution is 2.47. The average molecular weight is 376 g/mol. The smallest absolute Gasteiger partial charge is 0.259 e. The summed E-state index contributed by atoms with van der Waals surface area (Å²) in [6.07, 6.45) is 8.87. The van der Waals surface area contributed by atoms with Gasteiger partial charge in [0, 0.05) is 11.5 Å². The number of nitrogens with two attached hydrogens (primary N) is 1. The number of hydrogen-bond donors (Lipinski definition) is 2. The van der Waals surface area contributed by atoms with Crippen molar-refractivity contribution in [1.82, 2.24) is 0 Å². The van der Waals surface area contributed by atoms with Crippen LogP contribution in [0, 0.1) is 11.8 Å². The van der Waals surface area contributed by atoms with Gasteiger partial charge in [-0.15, -0.1) is 0 Å². The van der Waals surface area contributed by atoms with Crippen molar-refractivity contribution in [2.24, 2.45) is 17.6 Å². The quantitative estimate of drug-likeness (QED) is 0.357. The lowest BCUT2D eigenvalue weighted by Crippen LogP contribution is -2.23. The van der Waals surface area contributed by atoms with Crippen molar-refractivity contribution < 1.29 is 9.84 Å². The van der Waals surface area contributed by atoms with Gasteiger partial charge in [-0.1, -0.05) is 45.3 Å². The molecule has 0 spiro atoms. The first-order valence-electron chi connectivity index (χ1n) is 9.83. The van der Waals surface area contributed by atoms with Gasteiger partial charge < -0.3 is 15.6 Å². The molecule has 0 unspecified atom stereocenters. The summed E-state index contributed by atoms with van der Waals surface area (Å²) in [5.41, 5.74) is 8.94. The Morgan fingerprint density at radius 3 is 2.69 bits per heavy atom. The first kappa shape index (κ1) is 20.8. The van der Waals surface area contributed by atoms with Crippen LogP contribution in [0.1, 0.15) is 76.8 Å². The number of benzene rings is 1. The van der Waals surface area contributed by atoms with Gasteiger partial charge in [0.15, 0.2) is 0 Å². The van der Waals surface area contributed by atoms with Crippen LogP contribution in [0.15, 0.2) is 23.8 Å². The normalized spacial score (nSPS) is 20.1. The molecule has 1 aliphatic carbocycles. The predicted octanol–water partition coefficient (Wildman–Crippen LogP) is 5.84. The lowest BCUT2D eigenvalue weighted by Gasteiger charge is -2.34. The van der Waals surface area contributed by atoms with Crippen LogP contribution < -0.4 is 10.5 Å². The fourth-order valence-electron chi connectivity index (χ4n) is 4.05. The van der Waals surface area contributed by atoms with Gasteiger partial charge in [-0.2, -0.15) is 0 Å². The highest BCUT2D eigenvalue weighted by atomic mass is 32.1. The van der Waals surface area contributed by atoms with E-state index in [2.05, 4.69) is 33.8 Å². The third-order valence-corrected chi connectivity index (χ3v) is 5.53. The predicted molar refractivity (Wildman–Crippen MR) is 113 cm³/mol. The molecule has 144 valence electrons. The summed E-state index contributed by atoms with van der Waals surface area (Å²) in [5.74, 6) is 2.02. The molecule has 0 bridgehead atoms. The Kier molecular flexibility index (Phi) is 7.51. The van der Waals surface area contributed by atoms with Gasteiger partial charge in [-0.3, -0.25) is 0 Å². The standard InChI is InChI=1S/C22H33NO2S/c1-5-6-7-8-16-12-19(24)21(20(13-16)25-22(23)26)18-11-15(4)9-10-17(18)14(2)3/h11-14,17-18,24H,5-10H2,1-4H3,(H2,23,26)/t17-,18+/m0/s1. The van der Waals surface area contributed by atoms with E-state index in [0.29, 0.717) is 23.3 Å². The largest absolute Gasteiger partial charge is 0.507 e. The van der Waals surface area contributed by atoms with Gasteiger partial charge in [0.1, 0.15) is 11.5 Å². The Morgan fingerprint density at radius 2 is 2.08 bits per heavy atom. The van der Waals surface area contributed by atoms with E-state index in [1.807, 2.05) is 12.1 Å². The number of unbranched alkanes of at least 4 members (excludes halogenated alkanes) is 2. The lowest BCUT2D eigenvalue weighted by molar-refractivity contribution is 0.306. The van der Waals surface area contributed by atoms with Crippen molar-refractivity contribution >= 4 is 17.4 Å². The van der Waals surface area contributed by atoms with Gasteiger partial charge in [-0.25, -0.2) is 0 Å². The number of aromatic hydroxyl groups is 1. The first-order chi connectivity index (χ1) is 12.3. The third kappa shape index (κ3) is 5.23.